The minimum atomic E-state index is -4.28. The minimum absolute atomic E-state index is 0.0485. The Morgan fingerprint density at radius 2 is 1.85 bits per heavy atom. The fourth-order valence-corrected chi connectivity index (χ4v) is 6.21. The lowest BCUT2D eigenvalue weighted by atomic mass is 10.1. The van der Waals surface area contributed by atoms with Crippen molar-refractivity contribution in [3.05, 3.63) is 84.0 Å². The van der Waals surface area contributed by atoms with Crippen molar-refractivity contribution in [2.24, 2.45) is 0 Å². The molecular weight excluding hydrogens is 576 g/mol. The van der Waals surface area contributed by atoms with Crippen LogP contribution in [0.2, 0.25) is 5.02 Å². The van der Waals surface area contributed by atoms with Gasteiger partial charge in [-0.05, 0) is 55.7 Å². The third-order valence-electron chi connectivity index (χ3n) is 6.59. The van der Waals surface area contributed by atoms with Gasteiger partial charge in [0.1, 0.15) is 46.0 Å². The van der Waals surface area contributed by atoms with Crippen LogP contribution in [0.15, 0.2) is 72.3 Å². The molecule has 0 amide bonds. The first-order chi connectivity index (χ1) is 19.8. The Hall–Kier alpha value is -4.20. The molecule has 6 rings (SSSR count). The first-order valence-electron chi connectivity index (χ1n) is 12.6. The van der Waals surface area contributed by atoms with Crippen molar-refractivity contribution in [2.45, 2.75) is 30.4 Å². The Balaban J connectivity index is 1.36. The number of pyridine rings is 1. The summed E-state index contributed by atoms with van der Waals surface area (Å²) >= 11 is 6.02. The number of sulfonamides is 1. The van der Waals surface area contributed by atoms with Gasteiger partial charge in [-0.25, -0.2) is 37.1 Å². The van der Waals surface area contributed by atoms with E-state index in [0.29, 0.717) is 29.0 Å². The highest BCUT2D eigenvalue weighted by Crippen LogP contribution is 2.36. The van der Waals surface area contributed by atoms with Gasteiger partial charge in [-0.1, -0.05) is 23.7 Å². The number of nitrogens with zero attached hydrogens (tertiary/aromatic N) is 5. The molecule has 2 N–H and O–H groups in total. The largest absolute Gasteiger partial charge is 0.358 e. The Morgan fingerprint density at radius 3 is 2.66 bits per heavy atom. The summed E-state index contributed by atoms with van der Waals surface area (Å²) in [4.78, 5) is 17.3. The van der Waals surface area contributed by atoms with Crippen LogP contribution in [-0.2, 0) is 14.8 Å². The fraction of sp³-hybridized carbons (Fsp3) is 0.185. The van der Waals surface area contributed by atoms with Gasteiger partial charge in [-0.15, -0.1) is 0 Å². The molecule has 4 heterocycles. The number of fused-ring (bicyclic) bond motifs is 1. The van der Waals surface area contributed by atoms with E-state index in [4.69, 9.17) is 16.3 Å². The number of imidazole rings is 1. The molecule has 41 heavy (non-hydrogen) atoms. The highest BCUT2D eigenvalue weighted by Gasteiger charge is 2.25. The normalized spacial score (nSPS) is 15.6. The molecule has 0 radical (unpaired) electrons. The van der Waals surface area contributed by atoms with Crippen LogP contribution >= 0.6 is 11.6 Å². The van der Waals surface area contributed by atoms with Gasteiger partial charge in [0.15, 0.2) is 11.5 Å². The van der Waals surface area contributed by atoms with E-state index in [2.05, 4.69) is 30.0 Å². The van der Waals surface area contributed by atoms with E-state index in [1.165, 1.54) is 30.7 Å². The van der Waals surface area contributed by atoms with Gasteiger partial charge < -0.3 is 10.1 Å². The molecule has 0 spiro atoms. The van der Waals surface area contributed by atoms with Crippen LogP contribution in [-0.4, -0.2) is 39.5 Å². The Morgan fingerprint density at radius 1 is 1.00 bits per heavy atom. The summed E-state index contributed by atoms with van der Waals surface area (Å²) in [5, 5.41) is 2.63. The maximum atomic E-state index is 15.6. The molecule has 0 aliphatic carbocycles. The summed E-state index contributed by atoms with van der Waals surface area (Å²) < 4.78 is 66.2. The summed E-state index contributed by atoms with van der Waals surface area (Å²) in [6.45, 7) is 0.643. The SMILES string of the molecule is O=S(=O)(Nc1ccc(F)c(Nc2ncccc2-c2ncnc3c2ncn3C2CCCCO2)c1F)c1ccccc1Cl. The highest BCUT2D eigenvalue weighted by molar-refractivity contribution is 7.92. The maximum Gasteiger partial charge on any atom is 0.263 e. The van der Waals surface area contributed by atoms with Crippen molar-refractivity contribution in [3.63, 3.8) is 0 Å². The van der Waals surface area contributed by atoms with Gasteiger partial charge in [0, 0.05) is 18.4 Å². The summed E-state index contributed by atoms with van der Waals surface area (Å²) in [7, 11) is -4.28. The number of hydrogen-bond acceptors (Lipinski definition) is 8. The van der Waals surface area contributed by atoms with Crippen molar-refractivity contribution in [1.29, 1.82) is 0 Å². The molecule has 10 nitrogen and oxygen atoms in total. The van der Waals surface area contributed by atoms with Crippen LogP contribution < -0.4 is 10.0 Å². The molecule has 1 atom stereocenters. The maximum absolute atomic E-state index is 15.6. The molecule has 0 saturated carbocycles. The van der Waals surface area contributed by atoms with E-state index < -0.39 is 33.0 Å². The zero-order valence-electron chi connectivity index (χ0n) is 21.3. The van der Waals surface area contributed by atoms with Gasteiger partial charge in [0.05, 0.1) is 17.0 Å². The summed E-state index contributed by atoms with van der Waals surface area (Å²) in [5.74, 6) is -2.07. The lowest BCUT2D eigenvalue weighted by molar-refractivity contribution is -0.0298. The monoisotopic (exact) mass is 597 g/mol. The Bertz CT molecular complexity index is 1860. The number of benzene rings is 2. The number of halogens is 3. The average molecular weight is 598 g/mol. The van der Waals surface area contributed by atoms with Crippen LogP contribution in [0.1, 0.15) is 25.5 Å². The topological polar surface area (TPSA) is 124 Å². The number of rotatable bonds is 7. The predicted octanol–water partition coefficient (Wildman–Crippen LogP) is 6.06. The Labute approximate surface area is 238 Å². The second-order valence-electron chi connectivity index (χ2n) is 9.21. The quantitative estimate of drug-likeness (QED) is 0.232. The third kappa shape index (κ3) is 5.19. The average Bonchev–Trinajstić information content (AvgIpc) is 3.42. The first-order valence-corrected chi connectivity index (χ1v) is 14.5. The molecule has 1 aliphatic rings. The smallest absolute Gasteiger partial charge is 0.263 e. The number of ether oxygens (including phenoxy) is 1. The van der Waals surface area contributed by atoms with Gasteiger partial charge in [0.25, 0.3) is 10.0 Å². The standard InChI is InChI=1S/C27H22ClF2N7O3S/c28-17-7-1-2-8-20(17)41(38,39)36-19-11-10-18(29)24(22(19)30)35-26-16(6-5-12-31-26)23-25-27(33-14-32-23)37(15-34-25)21-9-3-4-13-40-21/h1-2,5-8,10-12,14-15,21,36H,3-4,9,13H2,(H,31,35). The van der Waals surface area contributed by atoms with Gasteiger partial charge >= 0.3 is 0 Å². The number of hydrogen-bond donors (Lipinski definition) is 2. The molecular formula is C27H22ClF2N7O3S. The van der Waals surface area contributed by atoms with Crippen LogP contribution in [0.3, 0.4) is 0 Å². The minimum Gasteiger partial charge on any atom is -0.358 e. The second-order valence-corrected chi connectivity index (χ2v) is 11.3. The zero-order valence-corrected chi connectivity index (χ0v) is 22.8. The van der Waals surface area contributed by atoms with Crippen molar-refractivity contribution >= 4 is 50.0 Å². The number of aromatic nitrogens is 5. The molecule has 1 aliphatic heterocycles. The van der Waals surface area contributed by atoms with Crippen molar-refractivity contribution in [1.82, 2.24) is 24.5 Å². The summed E-state index contributed by atoms with van der Waals surface area (Å²) in [5.41, 5.74) is 0.690. The van der Waals surface area contributed by atoms with E-state index in [1.54, 1.807) is 24.5 Å². The van der Waals surface area contributed by atoms with Gasteiger partial charge in [-0.2, -0.15) is 0 Å². The lowest BCUT2D eigenvalue weighted by Gasteiger charge is -2.23. The van der Waals surface area contributed by atoms with Crippen LogP contribution in [0.5, 0.6) is 0 Å². The molecule has 3 aromatic heterocycles. The second kappa shape index (κ2) is 11.0. The van der Waals surface area contributed by atoms with Crippen molar-refractivity contribution in [3.8, 4) is 11.3 Å². The highest BCUT2D eigenvalue weighted by atomic mass is 35.5. The van der Waals surface area contributed by atoms with E-state index in [0.717, 1.165) is 31.4 Å². The van der Waals surface area contributed by atoms with Crippen LogP contribution in [0.4, 0.5) is 26.0 Å². The van der Waals surface area contributed by atoms with E-state index in [1.807, 2.05) is 4.57 Å². The van der Waals surface area contributed by atoms with E-state index in [9.17, 15) is 12.8 Å². The van der Waals surface area contributed by atoms with Crippen LogP contribution in [0, 0.1) is 11.6 Å². The molecule has 5 aromatic rings. The molecule has 2 aromatic carbocycles. The third-order valence-corrected chi connectivity index (χ3v) is 8.46. The first kappa shape index (κ1) is 27.0. The van der Waals surface area contributed by atoms with Gasteiger partial charge in [0.2, 0.25) is 0 Å². The molecule has 210 valence electrons. The molecule has 1 unspecified atom stereocenters. The molecule has 1 fully saturated rings. The summed E-state index contributed by atoms with van der Waals surface area (Å²) in [6.07, 6.45) is 7.08. The zero-order chi connectivity index (χ0) is 28.6. The number of anilines is 3. The predicted molar refractivity (Wildman–Crippen MR) is 149 cm³/mol. The van der Waals surface area contributed by atoms with Crippen molar-refractivity contribution in [2.75, 3.05) is 16.6 Å². The Kier molecular flexibility index (Phi) is 7.24. The van der Waals surface area contributed by atoms with Gasteiger partial charge in [-0.3, -0.25) is 9.29 Å². The summed E-state index contributed by atoms with van der Waals surface area (Å²) in [6, 6.07) is 10.9. The van der Waals surface area contributed by atoms with Crippen molar-refractivity contribution < 1.29 is 21.9 Å². The van der Waals surface area contributed by atoms with E-state index >= 15 is 4.39 Å². The lowest BCUT2D eigenvalue weighted by Crippen LogP contribution is -2.17. The molecule has 1 saturated heterocycles. The molecule has 0 bridgehead atoms. The van der Waals surface area contributed by atoms with E-state index in [-0.39, 0.29) is 22.0 Å². The molecule has 14 heteroatoms. The fourth-order valence-electron chi connectivity index (χ4n) is 4.63. The number of nitrogens with one attached hydrogen (secondary N) is 2. The van der Waals surface area contributed by atoms with Crippen LogP contribution in [0.25, 0.3) is 22.4 Å².